The van der Waals surface area contributed by atoms with Crippen LogP contribution in [0.4, 0.5) is 5.69 Å². The Balaban J connectivity index is 1.48. The lowest BCUT2D eigenvalue weighted by molar-refractivity contribution is -0.140. The number of nitrogens with zero attached hydrogens (tertiary/aromatic N) is 2. The summed E-state index contributed by atoms with van der Waals surface area (Å²) in [6.45, 7) is 4.74. The average Bonchev–Trinajstić information content (AvgIpc) is 3.14. The highest BCUT2D eigenvalue weighted by Crippen LogP contribution is 2.42. The van der Waals surface area contributed by atoms with Crippen LogP contribution in [0.5, 0.6) is 5.75 Å². The van der Waals surface area contributed by atoms with Gasteiger partial charge in [-0.15, -0.1) is 0 Å². The summed E-state index contributed by atoms with van der Waals surface area (Å²) in [5, 5.41) is 4.51. The molecule has 0 fully saturated rings. The van der Waals surface area contributed by atoms with E-state index in [2.05, 4.69) is 5.32 Å². The van der Waals surface area contributed by atoms with Crippen molar-refractivity contribution in [3.63, 3.8) is 0 Å². The molecule has 0 aliphatic carbocycles. The molecule has 0 bridgehead atoms. The number of anilines is 1. The monoisotopic (exact) mass is 537 g/mol. The third kappa shape index (κ3) is 5.62. The minimum atomic E-state index is -3.69. The summed E-state index contributed by atoms with van der Waals surface area (Å²) < 4.78 is 33.2. The molecule has 1 aliphatic rings. The molecular formula is C29H35N3O5S. The Labute approximate surface area is 224 Å². The van der Waals surface area contributed by atoms with Crippen molar-refractivity contribution in [2.24, 2.45) is 0 Å². The predicted molar refractivity (Wildman–Crippen MR) is 149 cm³/mol. The lowest BCUT2D eigenvalue weighted by Gasteiger charge is -2.29. The molecule has 0 unspecified atom stereocenters. The Morgan fingerprint density at radius 3 is 2.53 bits per heavy atom. The lowest BCUT2D eigenvalue weighted by Crippen LogP contribution is -2.47. The van der Waals surface area contributed by atoms with Gasteiger partial charge < -0.3 is 15.0 Å². The molecule has 1 heterocycles. The third-order valence-corrected chi connectivity index (χ3v) is 8.77. The summed E-state index contributed by atoms with van der Waals surface area (Å²) in [6.07, 6.45) is 2.25. The smallest absolute Gasteiger partial charge is 0.265 e. The Morgan fingerprint density at radius 1 is 1.05 bits per heavy atom. The molecule has 0 spiro atoms. The summed E-state index contributed by atoms with van der Waals surface area (Å²) in [5.41, 5.74) is 1.48. The van der Waals surface area contributed by atoms with E-state index in [4.69, 9.17) is 4.74 Å². The Bertz CT molecular complexity index is 1420. The van der Waals surface area contributed by atoms with Crippen molar-refractivity contribution in [3.8, 4) is 5.75 Å². The summed E-state index contributed by atoms with van der Waals surface area (Å²) in [6, 6.07) is 17.5. The number of hydrogen-bond acceptors (Lipinski definition) is 5. The van der Waals surface area contributed by atoms with Gasteiger partial charge >= 0.3 is 0 Å². The second kappa shape index (κ2) is 11.9. The van der Waals surface area contributed by atoms with Crippen molar-refractivity contribution in [1.82, 2.24) is 10.2 Å². The molecule has 3 aromatic rings. The zero-order chi connectivity index (χ0) is 27.3. The molecule has 1 aliphatic heterocycles. The number of benzene rings is 3. The molecule has 8 nitrogen and oxygen atoms in total. The first-order chi connectivity index (χ1) is 18.3. The maximum Gasteiger partial charge on any atom is 0.265 e. The van der Waals surface area contributed by atoms with E-state index >= 15 is 0 Å². The zero-order valence-electron chi connectivity index (χ0n) is 22.1. The van der Waals surface area contributed by atoms with Gasteiger partial charge in [0.25, 0.3) is 10.0 Å². The molecule has 1 atom stereocenters. The van der Waals surface area contributed by atoms with Gasteiger partial charge in [-0.2, -0.15) is 0 Å². The number of hydrogen-bond donors (Lipinski definition) is 1. The van der Waals surface area contributed by atoms with E-state index in [1.54, 1.807) is 37.1 Å². The van der Waals surface area contributed by atoms with Crippen molar-refractivity contribution in [2.45, 2.75) is 57.0 Å². The fraction of sp³-hybridized carbons (Fsp3) is 0.379. The number of unbranched alkanes of at least 4 members (excludes halogenated alkanes) is 1. The maximum atomic E-state index is 13.5. The van der Waals surface area contributed by atoms with Gasteiger partial charge in [0.05, 0.1) is 17.7 Å². The molecular weight excluding hydrogens is 502 g/mol. The van der Waals surface area contributed by atoms with E-state index in [9.17, 15) is 18.0 Å². The van der Waals surface area contributed by atoms with Crippen LogP contribution in [0, 0.1) is 0 Å². The highest BCUT2D eigenvalue weighted by Gasteiger charge is 2.35. The molecule has 2 amide bonds. The van der Waals surface area contributed by atoms with E-state index < -0.39 is 16.1 Å². The van der Waals surface area contributed by atoms with Crippen LogP contribution in [-0.2, 0) is 26.2 Å². The number of sulfonamides is 1. The van der Waals surface area contributed by atoms with Crippen molar-refractivity contribution in [1.29, 1.82) is 0 Å². The second-order valence-electron chi connectivity index (χ2n) is 9.51. The van der Waals surface area contributed by atoms with Crippen molar-refractivity contribution >= 4 is 38.3 Å². The zero-order valence-corrected chi connectivity index (χ0v) is 23.0. The first kappa shape index (κ1) is 27.4. The average molecular weight is 538 g/mol. The Kier molecular flexibility index (Phi) is 8.56. The quantitative estimate of drug-likeness (QED) is 0.344. The molecule has 9 heteroatoms. The largest absolute Gasteiger partial charge is 0.497 e. The third-order valence-electron chi connectivity index (χ3n) is 6.92. The topological polar surface area (TPSA) is 96.0 Å². The number of nitrogens with one attached hydrogen (secondary N) is 1. The normalized spacial score (nSPS) is 14.3. The van der Waals surface area contributed by atoms with Crippen LogP contribution in [0.1, 0.15) is 45.1 Å². The number of carbonyl (C=O) groups excluding carboxylic acids is 2. The molecule has 1 N–H and O–H groups in total. The van der Waals surface area contributed by atoms with Crippen molar-refractivity contribution < 1.29 is 22.7 Å². The van der Waals surface area contributed by atoms with Crippen LogP contribution in [0.3, 0.4) is 0 Å². The Morgan fingerprint density at radius 2 is 1.79 bits per heavy atom. The summed E-state index contributed by atoms with van der Waals surface area (Å²) >= 11 is 0. The first-order valence-corrected chi connectivity index (χ1v) is 14.5. The van der Waals surface area contributed by atoms with Gasteiger partial charge in [-0.05, 0) is 55.0 Å². The standard InChI is InChI=1S/C29H35N3O5S/c1-4-5-17-30-29(34)21(2)31(20-22-10-6-13-24(19-22)37-3)27(33)16-9-18-32-25-14-7-11-23-12-8-15-26(28(23)25)38(32,35)36/h6-8,10-15,19,21H,4-5,9,16-18,20H2,1-3H3,(H,30,34)/t21-/m0/s1. The lowest BCUT2D eigenvalue weighted by atomic mass is 10.1. The summed E-state index contributed by atoms with van der Waals surface area (Å²) in [7, 11) is -2.10. The van der Waals surface area contributed by atoms with Gasteiger partial charge in [0.2, 0.25) is 11.8 Å². The van der Waals surface area contributed by atoms with E-state index in [0.29, 0.717) is 29.3 Å². The summed E-state index contributed by atoms with van der Waals surface area (Å²) in [4.78, 5) is 28.2. The molecule has 4 rings (SSSR count). The molecule has 0 saturated heterocycles. The predicted octanol–water partition coefficient (Wildman–Crippen LogP) is 4.47. The number of methoxy groups -OCH3 is 1. The minimum absolute atomic E-state index is 0.106. The van der Waals surface area contributed by atoms with Crippen LogP contribution in [-0.4, -0.2) is 51.4 Å². The van der Waals surface area contributed by atoms with Crippen LogP contribution < -0.4 is 14.4 Å². The fourth-order valence-corrected chi connectivity index (χ4v) is 6.55. The van der Waals surface area contributed by atoms with Gasteiger partial charge in [0.1, 0.15) is 11.8 Å². The van der Waals surface area contributed by atoms with E-state index in [0.717, 1.165) is 29.2 Å². The molecule has 3 aromatic carbocycles. The SMILES string of the molecule is CCCCNC(=O)[C@H](C)N(Cc1cccc(OC)c1)C(=O)CCCN1c2cccc3cccc(c23)S1(=O)=O. The van der Waals surface area contributed by atoms with Crippen LogP contribution in [0.25, 0.3) is 10.8 Å². The number of amides is 2. The molecule has 0 saturated carbocycles. The first-order valence-electron chi connectivity index (χ1n) is 13.0. The minimum Gasteiger partial charge on any atom is -0.497 e. The maximum absolute atomic E-state index is 13.5. The van der Waals surface area contributed by atoms with Gasteiger partial charge in [0, 0.05) is 31.4 Å². The van der Waals surface area contributed by atoms with Gasteiger partial charge in [-0.1, -0.05) is 49.7 Å². The highest BCUT2D eigenvalue weighted by atomic mass is 32.2. The summed E-state index contributed by atoms with van der Waals surface area (Å²) in [5.74, 6) is 0.250. The number of carbonyl (C=O) groups is 2. The number of rotatable bonds is 12. The van der Waals surface area contributed by atoms with E-state index in [1.165, 1.54) is 4.31 Å². The van der Waals surface area contributed by atoms with Gasteiger partial charge in [0.15, 0.2) is 0 Å². The van der Waals surface area contributed by atoms with Crippen LogP contribution >= 0.6 is 0 Å². The van der Waals surface area contributed by atoms with Crippen molar-refractivity contribution in [2.75, 3.05) is 24.5 Å². The van der Waals surface area contributed by atoms with E-state index in [1.807, 2.05) is 49.4 Å². The van der Waals surface area contributed by atoms with Gasteiger partial charge in [-0.25, -0.2) is 8.42 Å². The van der Waals surface area contributed by atoms with E-state index in [-0.39, 0.29) is 31.3 Å². The van der Waals surface area contributed by atoms with Crippen LogP contribution in [0.2, 0.25) is 0 Å². The second-order valence-corrected chi connectivity index (χ2v) is 11.3. The fourth-order valence-electron chi connectivity index (χ4n) is 4.80. The number of ether oxygens (including phenoxy) is 1. The van der Waals surface area contributed by atoms with Crippen molar-refractivity contribution in [3.05, 3.63) is 66.2 Å². The van der Waals surface area contributed by atoms with Crippen LogP contribution in [0.15, 0.2) is 65.6 Å². The molecule has 38 heavy (non-hydrogen) atoms. The Hall–Kier alpha value is -3.59. The molecule has 0 aromatic heterocycles. The van der Waals surface area contributed by atoms with Gasteiger partial charge in [-0.3, -0.25) is 13.9 Å². The molecule has 202 valence electrons. The molecule has 0 radical (unpaired) electrons. The highest BCUT2D eigenvalue weighted by molar-refractivity contribution is 7.93.